The first-order valence-corrected chi connectivity index (χ1v) is 20.8. The molecule has 0 fully saturated rings. The molecule has 1 unspecified atom stereocenters. The molecular weight excluding hydrogens is 620 g/mol. The number of carbonyl (C=O) groups is 2. The molecule has 0 radical (unpaired) electrons. The van der Waals surface area contributed by atoms with E-state index in [1.165, 1.54) is 70.6 Å². The van der Waals surface area contributed by atoms with Crippen molar-refractivity contribution in [2.75, 3.05) is 19.8 Å². The lowest BCUT2D eigenvalue weighted by Gasteiger charge is -2.18. The highest BCUT2D eigenvalue weighted by Crippen LogP contribution is 2.12. The van der Waals surface area contributed by atoms with Gasteiger partial charge in [0, 0.05) is 19.4 Å². The van der Waals surface area contributed by atoms with E-state index in [4.69, 9.17) is 14.2 Å². The first-order valence-electron chi connectivity index (χ1n) is 20.8. The van der Waals surface area contributed by atoms with Gasteiger partial charge in [0.15, 0.2) is 6.10 Å². The number of esters is 2. The van der Waals surface area contributed by atoms with Crippen LogP contribution in [0.2, 0.25) is 0 Å². The summed E-state index contributed by atoms with van der Waals surface area (Å²) in [4.78, 5) is 24.8. The molecule has 0 N–H and O–H groups in total. The lowest BCUT2D eigenvalue weighted by Crippen LogP contribution is -2.30. The Morgan fingerprint density at radius 2 is 0.900 bits per heavy atom. The fourth-order valence-corrected chi connectivity index (χ4v) is 5.48. The van der Waals surface area contributed by atoms with Crippen molar-refractivity contribution in [3.05, 3.63) is 60.8 Å². The third-order valence-electron chi connectivity index (χ3n) is 8.57. The van der Waals surface area contributed by atoms with Gasteiger partial charge in [-0.15, -0.1) is 0 Å². The second-order valence-corrected chi connectivity index (χ2v) is 13.5. The number of hydrogen-bond donors (Lipinski definition) is 0. The molecule has 1 atom stereocenters. The molecule has 288 valence electrons. The SMILES string of the molecule is CC/C=C\C/C=C\C/C=C\C/C=C\C/C=C\CCCCCCOCC(COC(=O)CCCCCCCCCCC)OC(=O)CCCCCCC. The number of rotatable bonds is 37. The zero-order chi connectivity index (χ0) is 36.4. The fourth-order valence-electron chi connectivity index (χ4n) is 5.48. The Balaban J connectivity index is 4.11. The summed E-state index contributed by atoms with van der Waals surface area (Å²) in [5, 5.41) is 0. The van der Waals surface area contributed by atoms with Crippen molar-refractivity contribution in [3.63, 3.8) is 0 Å². The number of allylic oxidation sites excluding steroid dienone is 10. The first-order chi connectivity index (χ1) is 24.6. The van der Waals surface area contributed by atoms with E-state index in [9.17, 15) is 9.59 Å². The Morgan fingerprint density at radius 1 is 0.460 bits per heavy atom. The Morgan fingerprint density at radius 3 is 1.44 bits per heavy atom. The van der Waals surface area contributed by atoms with E-state index in [-0.39, 0.29) is 25.2 Å². The standard InChI is InChI=1S/C45H78O5/c1-4-7-10-13-15-17-18-19-20-21-22-23-24-25-26-27-29-31-34-37-40-48-41-43(50-45(47)39-36-32-12-9-6-3)42-49-44(46)38-35-33-30-28-16-14-11-8-5-2/h7,10,15,17,19-20,22-23,25-26,43H,4-6,8-9,11-14,16,18,21,24,27-42H2,1-3H3/b10-7-,17-15-,20-19-,23-22-,26-25-. The highest BCUT2D eigenvalue weighted by atomic mass is 16.6. The van der Waals surface area contributed by atoms with Gasteiger partial charge in [0.1, 0.15) is 6.61 Å². The molecule has 0 aromatic rings. The molecule has 0 saturated heterocycles. The minimum absolute atomic E-state index is 0.0745. The van der Waals surface area contributed by atoms with E-state index < -0.39 is 6.10 Å². The number of hydrogen-bond acceptors (Lipinski definition) is 5. The van der Waals surface area contributed by atoms with Crippen LogP contribution in [0, 0.1) is 0 Å². The van der Waals surface area contributed by atoms with Gasteiger partial charge in [0.2, 0.25) is 0 Å². The summed E-state index contributed by atoms with van der Waals surface area (Å²) >= 11 is 0. The maximum absolute atomic E-state index is 12.5. The highest BCUT2D eigenvalue weighted by Gasteiger charge is 2.17. The molecule has 0 amide bonds. The van der Waals surface area contributed by atoms with Gasteiger partial charge in [-0.2, -0.15) is 0 Å². The summed E-state index contributed by atoms with van der Waals surface area (Å²) < 4.78 is 17.1. The van der Waals surface area contributed by atoms with Gasteiger partial charge in [-0.05, 0) is 64.2 Å². The largest absolute Gasteiger partial charge is 0.462 e. The fraction of sp³-hybridized carbons (Fsp3) is 0.733. The van der Waals surface area contributed by atoms with E-state index >= 15 is 0 Å². The summed E-state index contributed by atoms with van der Waals surface area (Å²) in [6, 6.07) is 0. The Kier molecular flexibility index (Phi) is 39.1. The van der Waals surface area contributed by atoms with Crippen LogP contribution in [-0.2, 0) is 23.8 Å². The van der Waals surface area contributed by atoms with Crippen molar-refractivity contribution < 1.29 is 23.8 Å². The third-order valence-corrected chi connectivity index (χ3v) is 8.57. The van der Waals surface area contributed by atoms with Crippen LogP contribution in [0.1, 0.15) is 188 Å². The molecular formula is C45H78O5. The molecule has 0 aliphatic heterocycles. The van der Waals surface area contributed by atoms with Crippen molar-refractivity contribution >= 4 is 11.9 Å². The van der Waals surface area contributed by atoms with Crippen molar-refractivity contribution in [2.24, 2.45) is 0 Å². The second kappa shape index (κ2) is 41.0. The maximum Gasteiger partial charge on any atom is 0.306 e. The Hall–Kier alpha value is -2.40. The van der Waals surface area contributed by atoms with Crippen molar-refractivity contribution in [2.45, 2.75) is 194 Å². The molecule has 5 nitrogen and oxygen atoms in total. The predicted molar refractivity (Wildman–Crippen MR) is 214 cm³/mol. The van der Waals surface area contributed by atoms with Gasteiger partial charge in [0.25, 0.3) is 0 Å². The maximum atomic E-state index is 12.5. The van der Waals surface area contributed by atoms with Crippen molar-refractivity contribution in [1.29, 1.82) is 0 Å². The average molecular weight is 699 g/mol. The number of ether oxygens (including phenoxy) is 3. The Labute approximate surface area is 309 Å². The zero-order valence-corrected chi connectivity index (χ0v) is 32.9. The van der Waals surface area contributed by atoms with Crippen LogP contribution in [0.15, 0.2) is 60.8 Å². The van der Waals surface area contributed by atoms with Crippen LogP contribution >= 0.6 is 0 Å². The smallest absolute Gasteiger partial charge is 0.306 e. The molecule has 0 aliphatic rings. The summed E-state index contributed by atoms with van der Waals surface area (Å²) in [6.07, 6.45) is 49.6. The van der Waals surface area contributed by atoms with Gasteiger partial charge in [-0.3, -0.25) is 9.59 Å². The molecule has 0 bridgehead atoms. The van der Waals surface area contributed by atoms with E-state index in [0.29, 0.717) is 19.4 Å². The predicted octanol–water partition coefficient (Wildman–Crippen LogP) is 13.4. The Bertz CT molecular complexity index is 884. The second-order valence-electron chi connectivity index (χ2n) is 13.5. The van der Waals surface area contributed by atoms with Crippen LogP contribution in [0.3, 0.4) is 0 Å². The molecule has 0 rings (SSSR count). The number of unbranched alkanes of at least 4 members (excludes halogenated alkanes) is 16. The quantitative estimate of drug-likeness (QED) is 0.0367. The van der Waals surface area contributed by atoms with E-state index in [0.717, 1.165) is 83.5 Å². The minimum Gasteiger partial charge on any atom is -0.462 e. The van der Waals surface area contributed by atoms with E-state index in [2.05, 4.69) is 81.5 Å². The summed E-state index contributed by atoms with van der Waals surface area (Å²) in [7, 11) is 0. The van der Waals surface area contributed by atoms with Gasteiger partial charge in [-0.1, -0.05) is 171 Å². The molecule has 0 heterocycles. The summed E-state index contributed by atoms with van der Waals surface area (Å²) in [5.74, 6) is -0.429. The van der Waals surface area contributed by atoms with E-state index in [1.54, 1.807) is 0 Å². The zero-order valence-electron chi connectivity index (χ0n) is 32.9. The average Bonchev–Trinajstić information content (AvgIpc) is 3.11. The molecule has 0 aliphatic carbocycles. The van der Waals surface area contributed by atoms with E-state index in [1.807, 2.05) is 0 Å². The lowest BCUT2D eigenvalue weighted by molar-refractivity contribution is -0.163. The van der Waals surface area contributed by atoms with Crippen molar-refractivity contribution in [3.8, 4) is 0 Å². The van der Waals surface area contributed by atoms with Gasteiger partial charge in [0.05, 0.1) is 6.61 Å². The molecule has 50 heavy (non-hydrogen) atoms. The van der Waals surface area contributed by atoms with Crippen LogP contribution in [0.25, 0.3) is 0 Å². The van der Waals surface area contributed by atoms with Gasteiger partial charge < -0.3 is 14.2 Å². The van der Waals surface area contributed by atoms with Crippen LogP contribution in [0.4, 0.5) is 0 Å². The van der Waals surface area contributed by atoms with Crippen LogP contribution in [0.5, 0.6) is 0 Å². The summed E-state index contributed by atoms with van der Waals surface area (Å²) in [6.45, 7) is 7.55. The molecule has 0 saturated carbocycles. The van der Waals surface area contributed by atoms with Crippen molar-refractivity contribution in [1.82, 2.24) is 0 Å². The van der Waals surface area contributed by atoms with Crippen LogP contribution < -0.4 is 0 Å². The molecule has 5 heteroatoms. The highest BCUT2D eigenvalue weighted by molar-refractivity contribution is 5.70. The first kappa shape index (κ1) is 47.6. The lowest BCUT2D eigenvalue weighted by atomic mass is 10.1. The molecule has 0 spiro atoms. The van der Waals surface area contributed by atoms with Gasteiger partial charge >= 0.3 is 11.9 Å². The van der Waals surface area contributed by atoms with Gasteiger partial charge in [-0.25, -0.2) is 0 Å². The third kappa shape index (κ3) is 38.4. The monoisotopic (exact) mass is 699 g/mol. The normalized spacial score (nSPS) is 12.8. The topological polar surface area (TPSA) is 61.8 Å². The number of carbonyl (C=O) groups excluding carboxylic acids is 2. The summed E-state index contributed by atoms with van der Waals surface area (Å²) in [5.41, 5.74) is 0. The molecule has 0 aromatic heterocycles. The molecule has 0 aromatic carbocycles. The minimum atomic E-state index is -0.541. The van der Waals surface area contributed by atoms with Crippen LogP contribution in [-0.4, -0.2) is 37.9 Å².